The molecule has 2 aromatic carbocycles. The second-order valence-electron chi connectivity index (χ2n) is 4.02. The Kier molecular flexibility index (Phi) is 4.42. The van der Waals surface area contributed by atoms with E-state index in [0.29, 0.717) is 0 Å². The third-order valence-corrected chi connectivity index (χ3v) is 3.25. The van der Waals surface area contributed by atoms with Gasteiger partial charge in [-0.15, -0.1) is 0 Å². The van der Waals surface area contributed by atoms with Gasteiger partial charge in [-0.1, -0.05) is 22.0 Å². The molecule has 2 nitrogen and oxygen atoms in total. The Hall–Kier alpha value is -1.44. The van der Waals surface area contributed by atoms with Crippen LogP contribution < -0.4 is 11.3 Å². The van der Waals surface area contributed by atoms with Crippen LogP contribution in [0.25, 0.3) is 0 Å². The molecule has 0 aromatic heterocycles. The van der Waals surface area contributed by atoms with Crippen LogP contribution >= 0.6 is 15.9 Å². The molecule has 20 heavy (non-hydrogen) atoms. The average Bonchev–Trinajstić information content (AvgIpc) is 2.35. The van der Waals surface area contributed by atoms with E-state index in [1.807, 2.05) is 5.43 Å². The molecule has 2 rings (SSSR count). The third kappa shape index (κ3) is 2.70. The van der Waals surface area contributed by atoms with E-state index >= 15 is 0 Å². The fourth-order valence-corrected chi connectivity index (χ4v) is 2.33. The number of halogens is 5. The number of nitrogens with one attached hydrogen (secondary N) is 1. The molecule has 0 saturated carbocycles. The minimum Gasteiger partial charge on any atom is -0.271 e. The Morgan fingerprint density at radius 3 is 1.80 bits per heavy atom. The molecule has 0 spiro atoms. The monoisotopic (exact) mass is 348 g/mol. The number of nitrogens with two attached hydrogens (primary N) is 1. The maximum absolute atomic E-state index is 13.9. The zero-order valence-electron chi connectivity index (χ0n) is 9.93. The summed E-state index contributed by atoms with van der Waals surface area (Å²) in [5, 5.41) is 0. The average molecular weight is 349 g/mol. The summed E-state index contributed by atoms with van der Waals surface area (Å²) in [6, 6.07) is 3.61. The lowest BCUT2D eigenvalue weighted by Gasteiger charge is -2.19. The van der Waals surface area contributed by atoms with Crippen LogP contribution in [0.5, 0.6) is 0 Å². The lowest BCUT2D eigenvalue weighted by atomic mass is 9.97. The predicted molar refractivity (Wildman–Crippen MR) is 69.6 cm³/mol. The summed E-state index contributed by atoms with van der Waals surface area (Å²) in [5.74, 6) is 1.38. The van der Waals surface area contributed by atoms with Gasteiger partial charge in [0.05, 0.1) is 6.04 Å². The van der Waals surface area contributed by atoms with E-state index in [0.717, 1.165) is 30.3 Å². The SMILES string of the molecule is NNC(c1c(F)cccc1F)c1c(F)cc(Br)cc1F. The van der Waals surface area contributed by atoms with Gasteiger partial charge in [0.15, 0.2) is 0 Å². The minimum atomic E-state index is -1.48. The van der Waals surface area contributed by atoms with E-state index < -0.39 is 40.4 Å². The van der Waals surface area contributed by atoms with Crippen molar-refractivity contribution < 1.29 is 17.6 Å². The summed E-state index contributed by atoms with van der Waals surface area (Å²) in [6.07, 6.45) is 0. The topological polar surface area (TPSA) is 38.0 Å². The van der Waals surface area contributed by atoms with E-state index in [-0.39, 0.29) is 4.47 Å². The van der Waals surface area contributed by atoms with Gasteiger partial charge in [0.1, 0.15) is 23.3 Å². The van der Waals surface area contributed by atoms with Crippen LogP contribution in [0.15, 0.2) is 34.8 Å². The highest BCUT2D eigenvalue weighted by molar-refractivity contribution is 9.10. The second-order valence-corrected chi connectivity index (χ2v) is 4.93. The molecule has 3 N–H and O–H groups in total. The van der Waals surface area contributed by atoms with E-state index in [2.05, 4.69) is 15.9 Å². The standard InChI is InChI=1S/C13H9BrF4N2/c14-6-4-9(17)12(10(18)5-6)13(20-19)11-7(15)2-1-3-8(11)16/h1-5,13,20H,19H2. The summed E-state index contributed by atoms with van der Waals surface area (Å²) in [5.41, 5.74) is 0.940. The molecule has 0 radical (unpaired) electrons. The van der Waals surface area contributed by atoms with Crippen LogP contribution in [0.2, 0.25) is 0 Å². The highest BCUT2D eigenvalue weighted by Gasteiger charge is 2.26. The minimum absolute atomic E-state index is 0.168. The molecule has 0 amide bonds. The molecule has 2 aromatic rings. The van der Waals surface area contributed by atoms with Crippen molar-refractivity contribution in [1.29, 1.82) is 0 Å². The van der Waals surface area contributed by atoms with Crippen molar-refractivity contribution >= 4 is 15.9 Å². The molecule has 0 aliphatic rings. The third-order valence-electron chi connectivity index (χ3n) is 2.79. The lowest BCUT2D eigenvalue weighted by Crippen LogP contribution is -2.31. The first-order valence-electron chi connectivity index (χ1n) is 5.50. The summed E-state index contributed by atoms with van der Waals surface area (Å²) in [7, 11) is 0. The Morgan fingerprint density at radius 1 is 0.900 bits per heavy atom. The maximum atomic E-state index is 13.9. The van der Waals surface area contributed by atoms with Gasteiger partial charge in [0.25, 0.3) is 0 Å². The van der Waals surface area contributed by atoms with E-state index in [1.165, 1.54) is 0 Å². The van der Waals surface area contributed by atoms with Crippen LogP contribution in [-0.4, -0.2) is 0 Å². The first-order valence-corrected chi connectivity index (χ1v) is 6.29. The molecule has 0 saturated heterocycles. The molecular weight excluding hydrogens is 340 g/mol. The van der Waals surface area contributed by atoms with Gasteiger partial charge in [0.2, 0.25) is 0 Å². The predicted octanol–water partition coefficient (Wildman–Crippen LogP) is 3.56. The molecule has 1 atom stereocenters. The van der Waals surface area contributed by atoms with Gasteiger partial charge in [-0.05, 0) is 24.3 Å². The number of hydrazine groups is 1. The second kappa shape index (κ2) is 5.90. The van der Waals surface area contributed by atoms with Crippen molar-refractivity contribution in [3.63, 3.8) is 0 Å². The molecule has 0 fully saturated rings. The van der Waals surface area contributed by atoms with Crippen molar-refractivity contribution in [2.45, 2.75) is 6.04 Å². The van der Waals surface area contributed by atoms with Crippen molar-refractivity contribution in [2.75, 3.05) is 0 Å². The molecule has 0 aliphatic carbocycles. The van der Waals surface area contributed by atoms with Crippen LogP contribution in [0.3, 0.4) is 0 Å². The zero-order valence-corrected chi connectivity index (χ0v) is 11.5. The highest BCUT2D eigenvalue weighted by Crippen LogP contribution is 2.31. The van der Waals surface area contributed by atoms with Crippen LogP contribution in [-0.2, 0) is 0 Å². The van der Waals surface area contributed by atoms with Crippen molar-refractivity contribution in [1.82, 2.24) is 5.43 Å². The zero-order chi connectivity index (χ0) is 14.9. The molecule has 0 heterocycles. The summed E-state index contributed by atoms with van der Waals surface area (Å²) < 4.78 is 55.4. The maximum Gasteiger partial charge on any atom is 0.132 e. The molecular formula is C13H9BrF4N2. The number of rotatable bonds is 3. The highest BCUT2D eigenvalue weighted by atomic mass is 79.9. The van der Waals surface area contributed by atoms with E-state index in [9.17, 15) is 17.6 Å². The smallest absolute Gasteiger partial charge is 0.132 e. The summed E-state index contributed by atoms with van der Waals surface area (Å²) >= 11 is 2.92. The van der Waals surface area contributed by atoms with Crippen LogP contribution in [0.1, 0.15) is 17.2 Å². The number of hydrogen-bond donors (Lipinski definition) is 2. The first kappa shape index (κ1) is 15.0. The Morgan fingerprint density at radius 2 is 1.35 bits per heavy atom. The molecule has 106 valence electrons. The largest absolute Gasteiger partial charge is 0.271 e. The van der Waals surface area contributed by atoms with Gasteiger partial charge in [-0.3, -0.25) is 5.84 Å². The molecule has 0 bridgehead atoms. The fraction of sp³-hybridized carbons (Fsp3) is 0.0769. The van der Waals surface area contributed by atoms with E-state index in [1.54, 1.807) is 0 Å². The van der Waals surface area contributed by atoms with Crippen molar-refractivity contribution in [3.8, 4) is 0 Å². The van der Waals surface area contributed by atoms with Crippen molar-refractivity contribution in [3.05, 3.63) is 69.2 Å². The fourth-order valence-electron chi connectivity index (χ4n) is 1.93. The Bertz CT molecular complexity index is 605. The van der Waals surface area contributed by atoms with Gasteiger partial charge in [-0.25, -0.2) is 23.0 Å². The van der Waals surface area contributed by atoms with E-state index in [4.69, 9.17) is 5.84 Å². The Labute approximate surface area is 120 Å². The van der Waals surface area contributed by atoms with Gasteiger partial charge >= 0.3 is 0 Å². The van der Waals surface area contributed by atoms with Gasteiger partial charge < -0.3 is 0 Å². The van der Waals surface area contributed by atoms with Crippen LogP contribution in [0, 0.1) is 23.3 Å². The molecule has 0 aliphatic heterocycles. The number of hydrogen-bond acceptors (Lipinski definition) is 2. The van der Waals surface area contributed by atoms with Crippen molar-refractivity contribution in [2.24, 2.45) is 5.84 Å². The quantitative estimate of drug-likeness (QED) is 0.505. The Balaban J connectivity index is 2.65. The molecule has 1 unspecified atom stereocenters. The van der Waals surface area contributed by atoms with Gasteiger partial charge in [-0.2, -0.15) is 0 Å². The van der Waals surface area contributed by atoms with Gasteiger partial charge in [0, 0.05) is 15.6 Å². The number of benzene rings is 2. The normalized spacial score (nSPS) is 12.5. The summed E-state index contributed by atoms with van der Waals surface area (Å²) in [6.45, 7) is 0. The summed E-state index contributed by atoms with van der Waals surface area (Å²) in [4.78, 5) is 0. The molecule has 7 heteroatoms. The van der Waals surface area contributed by atoms with Crippen LogP contribution in [0.4, 0.5) is 17.6 Å². The lowest BCUT2D eigenvalue weighted by molar-refractivity contribution is 0.472. The first-order chi connectivity index (χ1) is 9.45.